The van der Waals surface area contributed by atoms with Crippen LogP contribution in [0.2, 0.25) is 0 Å². The third-order valence-electron chi connectivity index (χ3n) is 5.25. The number of hydrogen-bond acceptors (Lipinski definition) is 2. The van der Waals surface area contributed by atoms with Crippen molar-refractivity contribution in [3.8, 4) is 0 Å². The predicted octanol–water partition coefficient (Wildman–Crippen LogP) is 4.18. The lowest BCUT2D eigenvalue weighted by atomic mass is 9.87. The SMILES string of the molecule is C[C@@H]1CCc2[nH]c3ccc(C(=O)N[C@H](C)c4ccncc4)cc3c2C1. The molecule has 3 aromatic rings. The second kappa shape index (κ2) is 6.36. The normalized spacial score (nSPS) is 17.9. The van der Waals surface area contributed by atoms with Gasteiger partial charge < -0.3 is 10.3 Å². The molecule has 2 aromatic heterocycles. The average molecular weight is 333 g/mol. The third-order valence-corrected chi connectivity index (χ3v) is 5.25. The first kappa shape index (κ1) is 15.9. The number of carbonyl (C=O) groups is 1. The molecule has 128 valence electrons. The number of carbonyl (C=O) groups excluding carboxylic acids is 1. The fourth-order valence-electron chi connectivity index (χ4n) is 3.75. The second-order valence-corrected chi connectivity index (χ2v) is 7.17. The van der Waals surface area contributed by atoms with Crippen LogP contribution in [-0.2, 0) is 12.8 Å². The molecule has 4 rings (SSSR count). The molecule has 2 heterocycles. The minimum atomic E-state index is -0.0497. The Labute approximate surface area is 147 Å². The number of aryl methyl sites for hydroxylation is 1. The maximum absolute atomic E-state index is 12.7. The quantitative estimate of drug-likeness (QED) is 0.755. The Hall–Kier alpha value is -2.62. The van der Waals surface area contributed by atoms with Crippen LogP contribution < -0.4 is 5.32 Å². The maximum atomic E-state index is 12.7. The number of H-pyrrole nitrogens is 1. The molecule has 2 N–H and O–H groups in total. The highest BCUT2D eigenvalue weighted by Crippen LogP contribution is 2.32. The smallest absolute Gasteiger partial charge is 0.251 e. The predicted molar refractivity (Wildman–Crippen MR) is 99.6 cm³/mol. The molecule has 4 nitrogen and oxygen atoms in total. The molecule has 0 fully saturated rings. The van der Waals surface area contributed by atoms with Gasteiger partial charge >= 0.3 is 0 Å². The molecular weight excluding hydrogens is 310 g/mol. The Bertz CT molecular complexity index is 914. The Morgan fingerprint density at radius 1 is 1.28 bits per heavy atom. The number of aromatic amines is 1. The first-order chi connectivity index (χ1) is 12.1. The van der Waals surface area contributed by atoms with Gasteiger partial charge in [-0.15, -0.1) is 0 Å². The van der Waals surface area contributed by atoms with Crippen LogP contribution in [0, 0.1) is 5.92 Å². The van der Waals surface area contributed by atoms with Crippen LogP contribution in [-0.4, -0.2) is 15.9 Å². The lowest BCUT2D eigenvalue weighted by Gasteiger charge is -2.18. The van der Waals surface area contributed by atoms with Crippen molar-refractivity contribution < 1.29 is 4.79 Å². The van der Waals surface area contributed by atoms with Gasteiger partial charge in [0.15, 0.2) is 0 Å². The van der Waals surface area contributed by atoms with Crippen molar-refractivity contribution in [2.75, 3.05) is 0 Å². The van der Waals surface area contributed by atoms with E-state index >= 15 is 0 Å². The molecule has 0 aliphatic heterocycles. The molecule has 1 aromatic carbocycles. The van der Waals surface area contributed by atoms with Gasteiger partial charge in [-0.25, -0.2) is 0 Å². The lowest BCUT2D eigenvalue weighted by molar-refractivity contribution is 0.0940. The summed E-state index contributed by atoms with van der Waals surface area (Å²) in [5.74, 6) is 0.667. The van der Waals surface area contributed by atoms with E-state index < -0.39 is 0 Å². The molecule has 1 aliphatic carbocycles. The summed E-state index contributed by atoms with van der Waals surface area (Å²) in [6.07, 6.45) is 6.92. The van der Waals surface area contributed by atoms with Crippen molar-refractivity contribution in [2.45, 2.75) is 39.2 Å². The average Bonchev–Trinajstić information content (AvgIpc) is 2.99. The van der Waals surface area contributed by atoms with E-state index in [1.807, 2.05) is 37.3 Å². The first-order valence-electron chi connectivity index (χ1n) is 8.96. The largest absolute Gasteiger partial charge is 0.358 e. The number of benzene rings is 1. The van der Waals surface area contributed by atoms with Crippen LogP contribution in [0.5, 0.6) is 0 Å². The van der Waals surface area contributed by atoms with Gasteiger partial charge in [0.2, 0.25) is 0 Å². The number of nitrogens with one attached hydrogen (secondary N) is 2. The van der Waals surface area contributed by atoms with Crippen LogP contribution in [0.4, 0.5) is 0 Å². The lowest BCUT2D eigenvalue weighted by Crippen LogP contribution is -2.26. The number of aromatic nitrogens is 2. The van der Waals surface area contributed by atoms with Gasteiger partial charge in [-0.2, -0.15) is 0 Å². The standard InChI is InChI=1S/C21H23N3O/c1-13-3-5-19-17(11-13)18-12-16(4-6-20(18)24-19)21(25)23-14(2)15-7-9-22-10-8-15/h4,6-10,12-14,24H,3,5,11H2,1-2H3,(H,23,25)/t13-,14-/m1/s1. The van der Waals surface area contributed by atoms with E-state index in [0.717, 1.165) is 23.9 Å². The van der Waals surface area contributed by atoms with Gasteiger partial charge in [0.05, 0.1) is 6.04 Å². The number of amides is 1. The summed E-state index contributed by atoms with van der Waals surface area (Å²) < 4.78 is 0. The molecule has 4 heteroatoms. The Morgan fingerprint density at radius 2 is 2.08 bits per heavy atom. The summed E-state index contributed by atoms with van der Waals surface area (Å²) in [6, 6.07) is 9.78. The second-order valence-electron chi connectivity index (χ2n) is 7.17. The van der Waals surface area contributed by atoms with E-state index in [1.165, 1.54) is 23.1 Å². The summed E-state index contributed by atoms with van der Waals surface area (Å²) in [5.41, 5.74) is 5.64. The maximum Gasteiger partial charge on any atom is 0.251 e. The van der Waals surface area contributed by atoms with Crippen molar-refractivity contribution >= 4 is 16.8 Å². The summed E-state index contributed by atoms with van der Waals surface area (Å²) in [6.45, 7) is 4.29. The molecule has 25 heavy (non-hydrogen) atoms. The Balaban J connectivity index is 1.61. The molecule has 0 unspecified atom stereocenters. The minimum Gasteiger partial charge on any atom is -0.358 e. The molecule has 0 saturated heterocycles. The van der Waals surface area contributed by atoms with E-state index in [-0.39, 0.29) is 11.9 Å². The van der Waals surface area contributed by atoms with Gasteiger partial charge in [0, 0.05) is 34.6 Å². The van der Waals surface area contributed by atoms with Crippen molar-refractivity contribution in [3.63, 3.8) is 0 Å². The van der Waals surface area contributed by atoms with E-state index in [9.17, 15) is 4.79 Å². The topological polar surface area (TPSA) is 57.8 Å². The number of pyridine rings is 1. The summed E-state index contributed by atoms with van der Waals surface area (Å²) in [5, 5.41) is 4.28. The first-order valence-corrected chi connectivity index (χ1v) is 8.96. The van der Waals surface area contributed by atoms with Crippen LogP contribution in [0.25, 0.3) is 10.9 Å². The van der Waals surface area contributed by atoms with E-state index in [4.69, 9.17) is 0 Å². The molecule has 1 amide bonds. The number of nitrogens with zero attached hydrogens (tertiary/aromatic N) is 1. The van der Waals surface area contributed by atoms with Gasteiger partial charge in [0.1, 0.15) is 0 Å². The fourth-order valence-corrected chi connectivity index (χ4v) is 3.75. The van der Waals surface area contributed by atoms with E-state index in [2.05, 4.69) is 22.2 Å². The highest BCUT2D eigenvalue weighted by atomic mass is 16.1. The Kier molecular flexibility index (Phi) is 4.04. The zero-order chi connectivity index (χ0) is 17.4. The van der Waals surface area contributed by atoms with Crippen molar-refractivity contribution in [1.29, 1.82) is 0 Å². The summed E-state index contributed by atoms with van der Waals surface area (Å²) >= 11 is 0. The molecule has 1 aliphatic rings. The number of fused-ring (bicyclic) bond motifs is 3. The van der Waals surface area contributed by atoms with Crippen molar-refractivity contribution in [2.24, 2.45) is 5.92 Å². The zero-order valence-electron chi connectivity index (χ0n) is 14.7. The third kappa shape index (κ3) is 3.04. The number of hydrogen-bond donors (Lipinski definition) is 2. The van der Waals surface area contributed by atoms with Crippen LogP contribution in [0.1, 0.15) is 53.5 Å². The monoisotopic (exact) mass is 333 g/mol. The summed E-state index contributed by atoms with van der Waals surface area (Å²) in [7, 11) is 0. The van der Waals surface area contributed by atoms with Gasteiger partial charge in [0.25, 0.3) is 5.91 Å². The molecule has 0 spiro atoms. The van der Waals surface area contributed by atoms with Gasteiger partial charge in [-0.05, 0) is 73.6 Å². The summed E-state index contributed by atoms with van der Waals surface area (Å²) in [4.78, 5) is 20.2. The Morgan fingerprint density at radius 3 is 2.88 bits per heavy atom. The van der Waals surface area contributed by atoms with E-state index in [1.54, 1.807) is 12.4 Å². The number of rotatable bonds is 3. The zero-order valence-corrected chi connectivity index (χ0v) is 14.7. The van der Waals surface area contributed by atoms with Crippen LogP contribution in [0.15, 0.2) is 42.7 Å². The highest BCUT2D eigenvalue weighted by molar-refractivity contribution is 5.99. The minimum absolute atomic E-state index is 0.0370. The fraction of sp³-hybridized carbons (Fsp3) is 0.333. The van der Waals surface area contributed by atoms with E-state index in [0.29, 0.717) is 11.5 Å². The van der Waals surface area contributed by atoms with Crippen LogP contribution >= 0.6 is 0 Å². The highest BCUT2D eigenvalue weighted by Gasteiger charge is 2.21. The van der Waals surface area contributed by atoms with Crippen LogP contribution in [0.3, 0.4) is 0 Å². The van der Waals surface area contributed by atoms with Crippen molar-refractivity contribution in [1.82, 2.24) is 15.3 Å². The van der Waals surface area contributed by atoms with Gasteiger partial charge in [-0.1, -0.05) is 6.92 Å². The molecule has 0 radical (unpaired) electrons. The van der Waals surface area contributed by atoms with Crippen molar-refractivity contribution in [3.05, 3.63) is 65.1 Å². The molecule has 0 bridgehead atoms. The molecular formula is C21H23N3O. The molecule has 0 saturated carbocycles. The van der Waals surface area contributed by atoms with Gasteiger partial charge in [-0.3, -0.25) is 9.78 Å². The molecule has 2 atom stereocenters.